The highest BCUT2D eigenvalue weighted by atomic mass is 32.1. The number of hydrogen-bond acceptors (Lipinski definition) is 13. The van der Waals surface area contributed by atoms with Crippen LogP contribution >= 0.6 is 11.3 Å². The van der Waals surface area contributed by atoms with Gasteiger partial charge >= 0.3 is 18.5 Å². The highest BCUT2D eigenvalue weighted by molar-refractivity contribution is 7.07. The van der Waals surface area contributed by atoms with Crippen molar-refractivity contribution in [3.05, 3.63) is 22.4 Å². The predicted molar refractivity (Wildman–Crippen MR) is 135 cm³/mol. The minimum atomic E-state index is -5.45. The molecule has 0 aliphatic carbocycles. The minimum Gasteiger partial charge on any atom is -0.394 e. The summed E-state index contributed by atoms with van der Waals surface area (Å²) in [6.07, 6.45) is -17.8. The van der Waals surface area contributed by atoms with Crippen LogP contribution in [0.5, 0.6) is 0 Å². The van der Waals surface area contributed by atoms with E-state index in [1.165, 1.54) is 0 Å². The molecule has 12 nitrogen and oxygen atoms in total. The molecule has 43 heavy (non-hydrogen) atoms. The van der Waals surface area contributed by atoms with Crippen molar-refractivity contribution < 1.29 is 84.7 Å². The molecule has 0 saturated heterocycles. The highest BCUT2D eigenvalue weighted by Crippen LogP contribution is 2.33. The van der Waals surface area contributed by atoms with E-state index in [4.69, 9.17) is 24.1 Å². The topological polar surface area (TPSA) is 155 Å². The van der Waals surface area contributed by atoms with E-state index in [2.05, 4.69) is 18.9 Å². The summed E-state index contributed by atoms with van der Waals surface area (Å²) in [5.41, 5.74) is 1.13. The minimum absolute atomic E-state index is 0.0335. The largest absolute Gasteiger partial charge is 0.495 e. The summed E-state index contributed by atoms with van der Waals surface area (Å²) in [4.78, 5) is 0. The zero-order valence-electron chi connectivity index (χ0n) is 23.1. The first kappa shape index (κ1) is 39.8. The fraction of sp³-hybridized carbons (Fsp3) is 0.833. The van der Waals surface area contributed by atoms with Gasteiger partial charge in [0.2, 0.25) is 0 Å². The van der Waals surface area contributed by atoms with E-state index in [9.17, 15) is 41.7 Å². The number of ether oxygens (including phenoxy) is 8. The van der Waals surface area contributed by atoms with Gasteiger partial charge in [-0.2, -0.15) is 28.9 Å². The van der Waals surface area contributed by atoms with Crippen LogP contribution in [0.1, 0.15) is 5.56 Å². The van der Waals surface area contributed by atoms with Gasteiger partial charge in [-0.15, -0.1) is 8.78 Å². The Morgan fingerprint density at radius 1 is 0.628 bits per heavy atom. The van der Waals surface area contributed by atoms with E-state index >= 15 is 0 Å². The van der Waals surface area contributed by atoms with Gasteiger partial charge in [-0.25, -0.2) is 9.47 Å². The van der Waals surface area contributed by atoms with E-state index in [-0.39, 0.29) is 46.2 Å². The maximum Gasteiger partial charge on any atom is 0.495 e. The lowest BCUT2D eigenvalue weighted by Gasteiger charge is -2.26. The van der Waals surface area contributed by atoms with Crippen molar-refractivity contribution in [1.82, 2.24) is 0 Å². The van der Waals surface area contributed by atoms with Gasteiger partial charge in [0.05, 0.1) is 72.7 Å². The standard InChI is InChI=1S/C24H38F6O12S/c25-22(26,41-24(29,30)42-23(27,28)17-40-14-21(34)10-36-5-3-31)16-38-7-6-37-11-20(33)13-39-12-19(32)9-35-4-1-18-2-8-43-15-18/h2,8,15,19-21,31-34H,1,3-7,9-14,16-17H2. The predicted octanol–water partition coefficient (Wildman–Crippen LogP) is 1.23. The molecule has 3 atom stereocenters. The SMILES string of the molecule is OCCOCC(O)COCC(F)(F)OC(F)(F)OC(F)(F)COCCOCC(O)COCC(O)COCCc1ccsc1. The summed E-state index contributed by atoms with van der Waals surface area (Å²) in [5, 5.41) is 41.4. The quantitative estimate of drug-likeness (QED) is 0.0579. The van der Waals surface area contributed by atoms with Crippen LogP contribution in [0, 0.1) is 0 Å². The van der Waals surface area contributed by atoms with Crippen LogP contribution < -0.4 is 0 Å². The fourth-order valence-corrected chi connectivity index (χ4v) is 3.59. The van der Waals surface area contributed by atoms with Gasteiger partial charge in [0.1, 0.15) is 31.5 Å². The van der Waals surface area contributed by atoms with E-state index < -0.39 is 69.9 Å². The summed E-state index contributed by atoms with van der Waals surface area (Å²) < 4.78 is 116. The van der Waals surface area contributed by atoms with Gasteiger partial charge < -0.3 is 48.8 Å². The molecule has 0 fully saturated rings. The van der Waals surface area contributed by atoms with Gasteiger partial charge in [-0.05, 0) is 28.8 Å². The third-order valence-electron chi connectivity index (χ3n) is 4.66. The second-order valence-corrected chi connectivity index (χ2v) is 9.62. The van der Waals surface area contributed by atoms with Crippen molar-refractivity contribution in [1.29, 1.82) is 0 Å². The maximum atomic E-state index is 13.6. The Kier molecular flexibility index (Phi) is 19.9. The first-order chi connectivity index (χ1) is 20.2. The molecule has 0 aliphatic heterocycles. The Bertz CT molecular complexity index is 812. The summed E-state index contributed by atoms with van der Waals surface area (Å²) >= 11 is 1.57. The summed E-state index contributed by atoms with van der Waals surface area (Å²) in [6.45, 7) is -6.41. The van der Waals surface area contributed by atoms with Crippen LogP contribution in [0.4, 0.5) is 26.3 Å². The van der Waals surface area contributed by atoms with Crippen LogP contribution in [-0.4, -0.2) is 143 Å². The molecule has 0 aromatic carbocycles. The molecule has 1 aromatic heterocycles. The second-order valence-electron chi connectivity index (χ2n) is 8.84. The second kappa shape index (κ2) is 21.5. The van der Waals surface area contributed by atoms with Gasteiger partial charge in [0.15, 0.2) is 0 Å². The summed E-state index contributed by atoms with van der Waals surface area (Å²) in [5.74, 6) is 0. The molecule has 0 bridgehead atoms. The average molecular weight is 665 g/mol. The Morgan fingerprint density at radius 2 is 1.09 bits per heavy atom. The molecule has 0 amide bonds. The van der Waals surface area contributed by atoms with Crippen LogP contribution in [0.25, 0.3) is 0 Å². The normalized spacial score (nSPS) is 15.1. The van der Waals surface area contributed by atoms with Crippen molar-refractivity contribution in [2.45, 2.75) is 43.2 Å². The third-order valence-corrected chi connectivity index (χ3v) is 5.39. The lowest BCUT2D eigenvalue weighted by molar-refractivity contribution is -0.518. The molecule has 1 rings (SSSR count). The third kappa shape index (κ3) is 22.0. The molecule has 19 heteroatoms. The Hall–Kier alpha value is -1.20. The average Bonchev–Trinajstić information content (AvgIpc) is 3.41. The van der Waals surface area contributed by atoms with E-state index in [1.54, 1.807) is 11.3 Å². The van der Waals surface area contributed by atoms with E-state index in [0.717, 1.165) is 5.56 Å². The molecule has 0 spiro atoms. The van der Waals surface area contributed by atoms with Crippen LogP contribution in [-0.2, 0) is 44.3 Å². The molecule has 254 valence electrons. The van der Waals surface area contributed by atoms with Crippen molar-refractivity contribution in [2.24, 2.45) is 0 Å². The van der Waals surface area contributed by atoms with E-state index in [0.29, 0.717) is 13.0 Å². The number of halogens is 6. The van der Waals surface area contributed by atoms with Gasteiger partial charge in [-0.1, -0.05) is 0 Å². The zero-order chi connectivity index (χ0) is 32.2. The van der Waals surface area contributed by atoms with Gasteiger partial charge in [-0.3, -0.25) is 0 Å². The molecule has 0 saturated carbocycles. The number of aliphatic hydroxyl groups excluding tert-OH is 4. The Labute approximate surface area is 247 Å². The number of alkyl halides is 6. The molecule has 1 heterocycles. The smallest absolute Gasteiger partial charge is 0.394 e. The van der Waals surface area contributed by atoms with Crippen LogP contribution in [0.2, 0.25) is 0 Å². The molecular formula is C24H38F6O12S. The van der Waals surface area contributed by atoms with Gasteiger partial charge in [0, 0.05) is 0 Å². The monoisotopic (exact) mass is 664 g/mol. The number of aliphatic hydroxyl groups is 4. The first-order valence-electron chi connectivity index (χ1n) is 12.9. The van der Waals surface area contributed by atoms with E-state index in [1.807, 2.05) is 16.8 Å². The molecule has 1 aromatic rings. The Balaban J connectivity index is 2.12. The number of hydrogen-bond donors (Lipinski definition) is 4. The molecule has 0 aliphatic rings. The molecule has 4 N–H and O–H groups in total. The number of rotatable bonds is 28. The van der Waals surface area contributed by atoms with Crippen LogP contribution in [0.3, 0.4) is 0 Å². The maximum absolute atomic E-state index is 13.6. The van der Waals surface area contributed by atoms with Crippen molar-refractivity contribution >= 4 is 11.3 Å². The fourth-order valence-electron chi connectivity index (χ4n) is 2.88. The first-order valence-corrected chi connectivity index (χ1v) is 13.8. The molecular weight excluding hydrogens is 626 g/mol. The van der Waals surface area contributed by atoms with Crippen molar-refractivity contribution in [3.8, 4) is 0 Å². The summed E-state index contributed by atoms with van der Waals surface area (Å²) in [7, 11) is 0. The lowest BCUT2D eigenvalue weighted by atomic mass is 10.2. The van der Waals surface area contributed by atoms with Crippen molar-refractivity contribution in [3.63, 3.8) is 0 Å². The summed E-state index contributed by atoms with van der Waals surface area (Å²) in [6, 6.07) is 1.97. The Morgan fingerprint density at radius 3 is 1.63 bits per heavy atom. The zero-order valence-corrected chi connectivity index (χ0v) is 23.9. The lowest BCUT2D eigenvalue weighted by Crippen LogP contribution is -2.44. The highest BCUT2D eigenvalue weighted by Gasteiger charge is 2.52. The molecule has 0 radical (unpaired) electrons. The molecule has 3 unspecified atom stereocenters. The van der Waals surface area contributed by atoms with Gasteiger partial charge in [0.25, 0.3) is 0 Å². The van der Waals surface area contributed by atoms with Crippen molar-refractivity contribution in [2.75, 3.05) is 85.9 Å². The number of thiophene rings is 1. The van der Waals surface area contributed by atoms with Crippen LogP contribution in [0.15, 0.2) is 16.8 Å².